The largest absolute Gasteiger partial charge is 0.345 e. The Bertz CT molecular complexity index is 1000. The van der Waals surface area contributed by atoms with Gasteiger partial charge in [0.05, 0.1) is 11.6 Å². The summed E-state index contributed by atoms with van der Waals surface area (Å²) in [6, 6.07) is 4.68. The number of aryl methyl sites for hydroxylation is 1. The first kappa shape index (κ1) is 17.8. The molecule has 1 unspecified atom stereocenters. The normalized spacial score (nSPS) is 11.8. The highest BCUT2D eigenvalue weighted by Gasteiger charge is 2.16. The first-order valence-electron chi connectivity index (χ1n) is 7.88. The first-order valence-corrected chi connectivity index (χ1v) is 8.26. The maximum atomic E-state index is 12.4. The second-order valence-corrected chi connectivity index (χ2v) is 6.14. The van der Waals surface area contributed by atoms with E-state index in [9.17, 15) is 9.59 Å². The van der Waals surface area contributed by atoms with Crippen molar-refractivity contribution < 1.29 is 4.79 Å². The van der Waals surface area contributed by atoms with Crippen LogP contribution in [0.4, 0.5) is 0 Å². The van der Waals surface area contributed by atoms with Crippen LogP contribution >= 0.6 is 11.6 Å². The quantitative estimate of drug-likeness (QED) is 0.736. The molecule has 0 radical (unpaired) electrons. The standard InChI is InChI=1S/C18H16ClN5O2/c1-10-14(9-21-16(23-10)12-3-5-20-6-4-12)11(2)24-17(25)13-7-15(19)18(26)22-8-13/h3-9,11H,1-2H3,(H,22,26)(H,24,25). The third-order valence-electron chi connectivity index (χ3n) is 3.89. The van der Waals surface area contributed by atoms with Crippen molar-refractivity contribution in [2.45, 2.75) is 19.9 Å². The van der Waals surface area contributed by atoms with Gasteiger partial charge in [0, 0.05) is 41.6 Å². The van der Waals surface area contributed by atoms with Gasteiger partial charge >= 0.3 is 0 Å². The number of nitrogens with zero attached hydrogens (tertiary/aromatic N) is 3. The van der Waals surface area contributed by atoms with Gasteiger partial charge in [0.1, 0.15) is 5.02 Å². The Morgan fingerprint density at radius 2 is 2.04 bits per heavy atom. The van der Waals surface area contributed by atoms with Gasteiger partial charge in [0.15, 0.2) is 5.82 Å². The van der Waals surface area contributed by atoms with Gasteiger partial charge in [-0.15, -0.1) is 0 Å². The Kier molecular flexibility index (Phi) is 5.09. The summed E-state index contributed by atoms with van der Waals surface area (Å²) in [6.45, 7) is 3.70. The molecule has 26 heavy (non-hydrogen) atoms. The van der Waals surface area contributed by atoms with Crippen molar-refractivity contribution in [2.24, 2.45) is 0 Å². The number of amides is 1. The van der Waals surface area contributed by atoms with Crippen LogP contribution in [0, 0.1) is 6.92 Å². The third kappa shape index (κ3) is 3.78. The second-order valence-electron chi connectivity index (χ2n) is 5.73. The Labute approximate surface area is 154 Å². The molecule has 0 saturated carbocycles. The fraction of sp³-hybridized carbons (Fsp3) is 0.167. The molecule has 0 spiro atoms. The van der Waals surface area contributed by atoms with Crippen LogP contribution in [0.1, 0.15) is 34.6 Å². The molecule has 132 valence electrons. The van der Waals surface area contributed by atoms with E-state index in [4.69, 9.17) is 11.6 Å². The monoisotopic (exact) mass is 369 g/mol. The second kappa shape index (κ2) is 7.45. The molecule has 3 aromatic rings. The molecular weight excluding hydrogens is 354 g/mol. The molecule has 0 aromatic carbocycles. The van der Waals surface area contributed by atoms with Crippen molar-refractivity contribution in [3.8, 4) is 11.4 Å². The van der Waals surface area contributed by atoms with E-state index in [-0.39, 0.29) is 22.5 Å². The lowest BCUT2D eigenvalue weighted by Crippen LogP contribution is -2.28. The van der Waals surface area contributed by atoms with E-state index in [1.807, 2.05) is 26.0 Å². The highest BCUT2D eigenvalue weighted by molar-refractivity contribution is 6.30. The molecule has 1 atom stereocenters. The van der Waals surface area contributed by atoms with Gasteiger partial charge in [0.25, 0.3) is 11.5 Å². The highest BCUT2D eigenvalue weighted by atomic mass is 35.5. The highest BCUT2D eigenvalue weighted by Crippen LogP contribution is 2.20. The lowest BCUT2D eigenvalue weighted by Gasteiger charge is -2.16. The predicted molar refractivity (Wildman–Crippen MR) is 98.0 cm³/mol. The molecule has 3 rings (SSSR count). The number of pyridine rings is 2. The van der Waals surface area contributed by atoms with E-state index >= 15 is 0 Å². The molecule has 0 aliphatic rings. The molecule has 0 aliphatic carbocycles. The molecule has 0 aliphatic heterocycles. The summed E-state index contributed by atoms with van der Waals surface area (Å²) < 4.78 is 0. The summed E-state index contributed by atoms with van der Waals surface area (Å²) in [5.41, 5.74) is 2.26. The van der Waals surface area contributed by atoms with Crippen LogP contribution in [0.25, 0.3) is 11.4 Å². The van der Waals surface area contributed by atoms with Crippen LogP contribution in [0.3, 0.4) is 0 Å². The SMILES string of the molecule is Cc1nc(-c2ccncc2)ncc1C(C)NC(=O)c1c[nH]c(=O)c(Cl)c1. The smallest absolute Gasteiger partial charge is 0.266 e. The van der Waals surface area contributed by atoms with Gasteiger partial charge in [-0.1, -0.05) is 11.6 Å². The summed E-state index contributed by atoms with van der Waals surface area (Å²) in [6.07, 6.45) is 6.38. The van der Waals surface area contributed by atoms with Crippen LogP contribution in [0.15, 0.2) is 47.8 Å². The topological polar surface area (TPSA) is 101 Å². The minimum Gasteiger partial charge on any atom is -0.345 e. The van der Waals surface area contributed by atoms with Crippen molar-refractivity contribution in [1.82, 2.24) is 25.3 Å². The molecular formula is C18H16ClN5O2. The molecule has 7 nitrogen and oxygen atoms in total. The molecule has 3 aromatic heterocycles. The van der Waals surface area contributed by atoms with E-state index in [1.165, 1.54) is 12.3 Å². The number of hydrogen-bond donors (Lipinski definition) is 2. The predicted octanol–water partition coefficient (Wildman–Crippen LogP) is 2.68. The summed E-state index contributed by atoms with van der Waals surface area (Å²) >= 11 is 5.76. The number of hydrogen-bond acceptors (Lipinski definition) is 5. The minimum absolute atomic E-state index is 0.0356. The number of nitrogens with one attached hydrogen (secondary N) is 2. The van der Waals surface area contributed by atoms with Gasteiger partial charge in [-0.2, -0.15) is 0 Å². The fourth-order valence-electron chi connectivity index (χ4n) is 2.49. The van der Waals surface area contributed by atoms with Gasteiger partial charge in [-0.25, -0.2) is 9.97 Å². The van der Waals surface area contributed by atoms with Gasteiger partial charge in [0.2, 0.25) is 0 Å². The van der Waals surface area contributed by atoms with Crippen LogP contribution in [-0.4, -0.2) is 25.8 Å². The van der Waals surface area contributed by atoms with Crippen molar-refractivity contribution in [1.29, 1.82) is 0 Å². The van der Waals surface area contributed by atoms with Crippen molar-refractivity contribution in [2.75, 3.05) is 0 Å². The number of H-pyrrole nitrogens is 1. The lowest BCUT2D eigenvalue weighted by molar-refractivity contribution is 0.0939. The molecule has 2 N–H and O–H groups in total. The van der Waals surface area contributed by atoms with Crippen molar-refractivity contribution in [3.63, 3.8) is 0 Å². The molecule has 0 saturated heterocycles. The van der Waals surface area contributed by atoms with E-state index in [2.05, 4.69) is 25.3 Å². The summed E-state index contributed by atoms with van der Waals surface area (Å²) in [5.74, 6) is 0.243. The number of rotatable bonds is 4. The molecule has 1 amide bonds. The molecule has 0 fully saturated rings. The van der Waals surface area contributed by atoms with Crippen LogP contribution < -0.4 is 10.9 Å². The van der Waals surface area contributed by atoms with Crippen molar-refractivity contribution >= 4 is 17.5 Å². The van der Waals surface area contributed by atoms with Gasteiger partial charge in [-0.05, 0) is 32.0 Å². The Morgan fingerprint density at radius 3 is 2.69 bits per heavy atom. The summed E-state index contributed by atoms with van der Waals surface area (Å²) in [7, 11) is 0. The third-order valence-corrected chi connectivity index (χ3v) is 4.17. The average molecular weight is 370 g/mol. The Hall–Kier alpha value is -3.06. The lowest BCUT2D eigenvalue weighted by atomic mass is 10.1. The van der Waals surface area contributed by atoms with E-state index < -0.39 is 5.56 Å². The summed E-state index contributed by atoms with van der Waals surface area (Å²) in [5, 5.41) is 2.81. The maximum absolute atomic E-state index is 12.4. The van der Waals surface area contributed by atoms with Crippen LogP contribution in [-0.2, 0) is 0 Å². The van der Waals surface area contributed by atoms with Gasteiger partial charge < -0.3 is 10.3 Å². The van der Waals surface area contributed by atoms with Gasteiger partial charge in [-0.3, -0.25) is 14.6 Å². The molecule has 0 bridgehead atoms. The first-order chi connectivity index (χ1) is 12.5. The van der Waals surface area contributed by atoms with Crippen LogP contribution in [0.2, 0.25) is 5.02 Å². The Balaban J connectivity index is 1.79. The molecule has 8 heteroatoms. The Morgan fingerprint density at radius 1 is 1.31 bits per heavy atom. The zero-order valence-corrected chi connectivity index (χ0v) is 14.9. The maximum Gasteiger partial charge on any atom is 0.266 e. The number of carbonyl (C=O) groups is 1. The zero-order valence-electron chi connectivity index (χ0n) is 14.2. The molecule has 3 heterocycles. The number of aromatic amines is 1. The van der Waals surface area contributed by atoms with Crippen LogP contribution in [0.5, 0.6) is 0 Å². The average Bonchev–Trinajstić information content (AvgIpc) is 2.64. The van der Waals surface area contributed by atoms with E-state index in [1.54, 1.807) is 18.6 Å². The van der Waals surface area contributed by atoms with Crippen molar-refractivity contribution in [3.05, 3.63) is 75.2 Å². The van der Waals surface area contributed by atoms with E-state index in [0.717, 1.165) is 16.8 Å². The minimum atomic E-state index is -0.438. The number of aromatic nitrogens is 4. The van der Waals surface area contributed by atoms with E-state index in [0.29, 0.717) is 5.82 Å². The number of carbonyl (C=O) groups excluding carboxylic acids is 1. The summed E-state index contributed by atoms with van der Waals surface area (Å²) in [4.78, 5) is 38.9. The zero-order chi connectivity index (χ0) is 18.7. The number of halogens is 1. The fourth-order valence-corrected chi connectivity index (χ4v) is 2.66.